The number of nitrogens with zero attached hydrogens (tertiary/aromatic N) is 1. The van der Waals surface area contributed by atoms with Crippen LogP contribution in [0, 0.1) is 12.8 Å². The van der Waals surface area contributed by atoms with E-state index in [2.05, 4.69) is 46.9 Å². The number of hydrogen-bond acceptors (Lipinski definition) is 3. The first-order valence-electron chi connectivity index (χ1n) is 7.53. The fraction of sp³-hybridized carbons (Fsp3) is 0.812. The predicted molar refractivity (Wildman–Crippen MR) is 83.9 cm³/mol. The fourth-order valence-corrected chi connectivity index (χ4v) is 4.06. The Balaban J connectivity index is 2.10. The van der Waals surface area contributed by atoms with Gasteiger partial charge in [-0.05, 0) is 32.6 Å². The number of hydrogen-bond donors (Lipinski definition) is 1. The molecule has 2 nitrogen and oxygen atoms in total. The summed E-state index contributed by atoms with van der Waals surface area (Å²) in [6.45, 7) is 13.5. The fourth-order valence-electron chi connectivity index (χ4n) is 2.92. The Bertz CT molecular complexity index is 430. The summed E-state index contributed by atoms with van der Waals surface area (Å²) in [5, 5.41) is 5.08. The summed E-state index contributed by atoms with van der Waals surface area (Å²) in [6.07, 6.45) is 4.08. The smallest absolute Gasteiger partial charge is 0.0985 e. The molecule has 3 heteroatoms. The molecule has 0 radical (unpaired) electrons. The van der Waals surface area contributed by atoms with E-state index in [0.717, 1.165) is 5.92 Å². The first-order valence-corrected chi connectivity index (χ1v) is 8.34. The molecular formula is C16H28N2S. The highest BCUT2D eigenvalue weighted by Gasteiger charge is 2.27. The lowest BCUT2D eigenvalue weighted by Gasteiger charge is -2.22. The molecule has 0 amide bonds. The van der Waals surface area contributed by atoms with Gasteiger partial charge in [0.05, 0.1) is 10.7 Å². The van der Waals surface area contributed by atoms with Crippen molar-refractivity contribution in [3.63, 3.8) is 0 Å². The summed E-state index contributed by atoms with van der Waals surface area (Å²) in [6, 6.07) is 1.12. The molecule has 1 heterocycles. The van der Waals surface area contributed by atoms with Crippen LogP contribution in [0.1, 0.15) is 75.5 Å². The maximum absolute atomic E-state index is 4.78. The van der Waals surface area contributed by atoms with E-state index in [1.54, 1.807) is 0 Å². The summed E-state index contributed by atoms with van der Waals surface area (Å²) in [5.74, 6) is 0.817. The molecule has 1 aliphatic carbocycles. The van der Waals surface area contributed by atoms with Crippen LogP contribution >= 0.6 is 11.3 Å². The molecule has 0 aliphatic heterocycles. The van der Waals surface area contributed by atoms with Crippen molar-refractivity contribution in [1.82, 2.24) is 10.3 Å². The van der Waals surface area contributed by atoms with Gasteiger partial charge in [-0.2, -0.15) is 0 Å². The Labute approximate surface area is 122 Å². The highest BCUT2D eigenvalue weighted by molar-refractivity contribution is 7.12. The Morgan fingerprint density at radius 2 is 2.00 bits per heavy atom. The lowest BCUT2D eigenvalue weighted by molar-refractivity contribution is 0.390. The molecule has 0 saturated heterocycles. The van der Waals surface area contributed by atoms with Crippen molar-refractivity contribution in [2.45, 2.75) is 78.3 Å². The second-order valence-electron chi connectivity index (χ2n) is 7.12. The van der Waals surface area contributed by atoms with Crippen molar-refractivity contribution in [2.24, 2.45) is 5.92 Å². The second-order valence-corrected chi connectivity index (χ2v) is 8.15. The van der Waals surface area contributed by atoms with E-state index in [0.29, 0.717) is 12.1 Å². The van der Waals surface area contributed by atoms with Gasteiger partial charge in [0.25, 0.3) is 0 Å². The molecule has 1 fully saturated rings. The third-order valence-corrected chi connectivity index (χ3v) is 5.96. The molecule has 0 aromatic carbocycles. The van der Waals surface area contributed by atoms with E-state index in [4.69, 9.17) is 4.98 Å². The number of thiazole rings is 1. The highest BCUT2D eigenvalue weighted by atomic mass is 32.1. The normalized spacial score (nSPS) is 25.8. The predicted octanol–water partition coefficient (Wildman–Crippen LogP) is 4.59. The van der Waals surface area contributed by atoms with E-state index >= 15 is 0 Å². The van der Waals surface area contributed by atoms with Crippen LogP contribution in [0.4, 0.5) is 0 Å². The van der Waals surface area contributed by atoms with Crippen LogP contribution < -0.4 is 5.32 Å². The molecule has 1 aromatic rings. The van der Waals surface area contributed by atoms with Crippen LogP contribution in [0.3, 0.4) is 0 Å². The van der Waals surface area contributed by atoms with E-state index < -0.39 is 0 Å². The van der Waals surface area contributed by atoms with Crippen molar-refractivity contribution < 1.29 is 0 Å². The summed E-state index contributed by atoms with van der Waals surface area (Å²) in [7, 11) is 0. The van der Waals surface area contributed by atoms with Gasteiger partial charge >= 0.3 is 0 Å². The molecule has 1 aromatic heterocycles. The van der Waals surface area contributed by atoms with Gasteiger partial charge in [-0.1, -0.05) is 34.1 Å². The van der Waals surface area contributed by atoms with Crippen LogP contribution in [0.15, 0.2) is 0 Å². The van der Waals surface area contributed by atoms with E-state index in [1.165, 1.54) is 34.8 Å². The van der Waals surface area contributed by atoms with Gasteiger partial charge in [0.15, 0.2) is 0 Å². The SMILES string of the molecule is Cc1nc(C(C)(C)C)sc1C(C)NC1CCCC1C. The maximum Gasteiger partial charge on any atom is 0.0985 e. The third kappa shape index (κ3) is 3.38. The van der Waals surface area contributed by atoms with Gasteiger partial charge in [0.1, 0.15) is 0 Å². The van der Waals surface area contributed by atoms with Gasteiger partial charge in [0.2, 0.25) is 0 Å². The monoisotopic (exact) mass is 280 g/mol. The van der Waals surface area contributed by atoms with Gasteiger partial charge < -0.3 is 5.32 Å². The van der Waals surface area contributed by atoms with Crippen molar-refractivity contribution in [2.75, 3.05) is 0 Å². The molecule has 0 spiro atoms. The lowest BCUT2D eigenvalue weighted by Crippen LogP contribution is -2.33. The average molecular weight is 280 g/mol. The van der Waals surface area contributed by atoms with E-state index in [9.17, 15) is 0 Å². The standard InChI is InChI=1S/C16H28N2S/c1-10-8-7-9-13(10)17-11(2)14-12(3)18-15(19-14)16(4,5)6/h10-11,13,17H,7-9H2,1-6H3. The van der Waals surface area contributed by atoms with Crippen LogP contribution in [0.5, 0.6) is 0 Å². The largest absolute Gasteiger partial charge is 0.306 e. The molecule has 108 valence electrons. The molecule has 1 N–H and O–H groups in total. The summed E-state index contributed by atoms with van der Waals surface area (Å²) in [5.41, 5.74) is 1.37. The number of rotatable bonds is 3. The molecular weight excluding hydrogens is 252 g/mol. The highest BCUT2D eigenvalue weighted by Crippen LogP contribution is 2.34. The zero-order valence-electron chi connectivity index (χ0n) is 13.2. The summed E-state index contributed by atoms with van der Waals surface area (Å²) >= 11 is 1.89. The number of aryl methyl sites for hydroxylation is 1. The maximum atomic E-state index is 4.78. The van der Waals surface area contributed by atoms with Gasteiger partial charge in [-0.25, -0.2) is 4.98 Å². The molecule has 3 unspecified atom stereocenters. The zero-order chi connectivity index (χ0) is 14.2. The van der Waals surface area contributed by atoms with Crippen molar-refractivity contribution in [3.05, 3.63) is 15.6 Å². The second kappa shape index (κ2) is 5.53. The third-order valence-electron chi connectivity index (χ3n) is 4.19. The van der Waals surface area contributed by atoms with Crippen molar-refractivity contribution >= 4 is 11.3 Å². The number of nitrogens with one attached hydrogen (secondary N) is 1. The lowest BCUT2D eigenvalue weighted by atomic mass is 9.98. The molecule has 19 heavy (non-hydrogen) atoms. The minimum Gasteiger partial charge on any atom is -0.306 e. The Hall–Kier alpha value is -0.410. The summed E-state index contributed by atoms with van der Waals surface area (Å²) < 4.78 is 0. The van der Waals surface area contributed by atoms with Crippen LogP contribution in [-0.4, -0.2) is 11.0 Å². The zero-order valence-corrected chi connectivity index (χ0v) is 14.0. The van der Waals surface area contributed by atoms with Gasteiger partial charge in [-0.15, -0.1) is 11.3 Å². The summed E-state index contributed by atoms with van der Waals surface area (Å²) in [4.78, 5) is 6.20. The minimum atomic E-state index is 0.161. The van der Waals surface area contributed by atoms with Gasteiger partial charge in [0, 0.05) is 22.4 Å². The average Bonchev–Trinajstić information content (AvgIpc) is 2.85. The van der Waals surface area contributed by atoms with Crippen molar-refractivity contribution in [1.29, 1.82) is 0 Å². The van der Waals surface area contributed by atoms with Crippen LogP contribution in [-0.2, 0) is 5.41 Å². The molecule has 1 saturated carbocycles. The molecule has 3 atom stereocenters. The Morgan fingerprint density at radius 3 is 2.47 bits per heavy atom. The minimum absolute atomic E-state index is 0.161. The number of aromatic nitrogens is 1. The quantitative estimate of drug-likeness (QED) is 0.876. The Morgan fingerprint density at radius 1 is 1.32 bits per heavy atom. The molecule has 2 rings (SSSR count). The molecule has 0 bridgehead atoms. The van der Waals surface area contributed by atoms with Crippen LogP contribution in [0.25, 0.3) is 0 Å². The first kappa shape index (κ1) is 15.0. The molecule has 1 aliphatic rings. The first-order chi connectivity index (χ1) is 8.79. The van der Waals surface area contributed by atoms with E-state index in [1.807, 2.05) is 11.3 Å². The Kier molecular flexibility index (Phi) is 4.36. The van der Waals surface area contributed by atoms with E-state index in [-0.39, 0.29) is 5.41 Å². The van der Waals surface area contributed by atoms with Gasteiger partial charge in [-0.3, -0.25) is 0 Å². The topological polar surface area (TPSA) is 24.9 Å². The van der Waals surface area contributed by atoms with Crippen molar-refractivity contribution in [3.8, 4) is 0 Å². The van der Waals surface area contributed by atoms with Crippen LogP contribution in [0.2, 0.25) is 0 Å².